The zero-order chi connectivity index (χ0) is 26.4. The van der Waals surface area contributed by atoms with Crippen molar-refractivity contribution in [1.29, 1.82) is 0 Å². The number of aliphatic hydroxyl groups excluding tert-OH is 1. The number of nitrogens with zero attached hydrogens (tertiary/aromatic N) is 1. The Labute approximate surface area is 220 Å². The van der Waals surface area contributed by atoms with Crippen molar-refractivity contribution >= 4 is 5.97 Å². The summed E-state index contributed by atoms with van der Waals surface area (Å²) in [5.74, 6) is -0.273. The predicted octanol–water partition coefficient (Wildman–Crippen LogP) is 5.42. The molecular formula is C32H39NO4. The first-order valence-electron chi connectivity index (χ1n) is 13.4. The highest BCUT2D eigenvalue weighted by Gasteiger charge is 2.51. The van der Waals surface area contributed by atoms with Gasteiger partial charge in [-0.2, -0.15) is 0 Å². The summed E-state index contributed by atoms with van der Waals surface area (Å²) in [5, 5.41) is 26.1. The van der Waals surface area contributed by atoms with E-state index in [1.165, 1.54) is 55.0 Å². The number of rotatable bonds is 7. The van der Waals surface area contributed by atoms with Crippen molar-refractivity contribution in [3.05, 3.63) is 101 Å². The molecule has 0 amide bonds. The Kier molecular flexibility index (Phi) is 8.67. The normalized spacial score (nSPS) is 23.3. The van der Waals surface area contributed by atoms with Gasteiger partial charge in [-0.05, 0) is 92.4 Å². The van der Waals surface area contributed by atoms with Crippen LogP contribution in [0.4, 0.5) is 0 Å². The molecule has 0 radical (unpaired) electrons. The standard InChI is InChI=1S/C29H33NO.C3H6O3/c1-22-28-20-24-15-16-26(31)21-27(24)29(22,25-13-6-3-7-14-25)17-19-30(28)18-9-8-12-23-10-4-2-5-11-23;1-2(4)3(5)6/h2-7,10-11,13-16,21-22,28,31H,8-9,12,17-20H2,1H3;2,4H,1H3,(H,5,6). The Hall–Kier alpha value is -3.15. The van der Waals surface area contributed by atoms with Crippen LogP contribution in [0.2, 0.25) is 0 Å². The molecule has 0 saturated carbocycles. The Bertz CT molecular complexity index is 1160. The van der Waals surface area contributed by atoms with Crippen LogP contribution in [0.15, 0.2) is 78.9 Å². The Morgan fingerprint density at radius 1 is 1.03 bits per heavy atom. The van der Waals surface area contributed by atoms with Crippen LogP contribution in [0.5, 0.6) is 5.75 Å². The number of carboxylic acids is 1. The number of benzene rings is 3. The molecule has 1 aliphatic heterocycles. The number of piperidine rings is 1. The summed E-state index contributed by atoms with van der Waals surface area (Å²) in [4.78, 5) is 12.2. The van der Waals surface area contributed by atoms with Crippen molar-refractivity contribution < 1.29 is 20.1 Å². The minimum Gasteiger partial charge on any atom is -0.508 e. The van der Waals surface area contributed by atoms with E-state index in [1.807, 2.05) is 12.1 Å². The second-order valence-corrected chi connectivity index (χ2v) is 10.5. The quantitative estimate of drug-likeness (QED) is 0.377. The van der Waals surface area contributed by atoms with E-state index >= 15 is 0 Å². The summed E-state index contributed by atoms with van der Waals surface area (Å²) < 4.78 is 0. The van der Waals surface area contributed by atoms with Gasteiger partial charge in [0.25, 0.3) is 0 Å². The minimum absolute atomic E-state index is 0.00120. The lowest BCUT2D eigenvalue weighted by Gasteiger charge is -2.56. The topological polar surface area (TPSA) is 81.0 Å². The highest BCUT2D eigenvalue weighted by atomic mass is 16.4. The molecule has 1 saturated heterocycles. The lowest BCUT2D eigenvalue weighted by molar-refractivity contribution is -0.145. The van der Waals surface area contributed by atoms with Crippen molar-refractivity contribution in [1.82, 2.24) is 4.90 Å². The average molecular weight is 502 g/mol. The molecule has 5 rings (SSSR count). The highest BCUT2D eigenvalue weighted by Crippen LogP contribution is 2.53. The van der Waals surface area contributed by atoms with Crippen LogP contribution >= 0.6 is 0 Å². The summed E-state index contributed by atoms with van der Waals surface area (Å²) in [6.45, 7) is 5.95. The third-order valence-corrected chi connectivity index (χ3v) is 8.27. The molecule has 2 aliphatic rings. The number of unbranched alkanes of at least 4 members (excludes halogenated alkanes) is 1. The number of carbonyl (C=O) groups is 1. The number of aliphatic carboxylic acids is 1. The van der Waals surface area contributed by atoms with Gasteiger partial charge in [0.05, 0.1) is 0 Å². The van der Waals surface area contributed by atoms with Gasteiger partial charge in [-0.25, -0.2) is 4.79 Å². The van der Waals surface area contributed by atoms with Gasteiger partial charge in [0.15, 0.2) is 0 Å². The number of phenolic OH excluding ortho intramolecular Hbond substituents is 1. The van der Waals surface area contributed by atoms with Crippen LogP contribution in [0.25, 0.3) is 0 Å². The first kappa shape index (κ1) is 26.9. The largest absolute Gasteiger partial charge is 0.508 e. The summed E-state index contributed by atoms with van der Waals surface area (Å²) in [6.07, 6.45) is 4.64. The molecule has 3 N–H and O–H groups in total. The van der Waals surface area contributed by atoms with Gasteiger partial charge < -0.3 is 15.3 Å². The zero-order valence-electron chi connectivity index (χ0n) is 21.9. The minimum atomic E-state index is -1.23. The van der Waals surface area contributed by atoms with Crippen molar-refractivity contribution in [3.8, 4) is 5.75 Å². The van der Waals surface area contributed by atoms with E-state index in [1.54, 1.807) is 0 Å². The van der Waals surface area contributed by atoms with E-state index < -0.39 is 12.1 Å². The lowest BCUT2D eigenvalue weighted by atomic mass is 9.55. The van der Waals surface area contributed by atoms with Crippen LogP contribution < -0.4 is 0 Å². The maximum atomic E-state index is 10.3. The molecule has 1 fully saturated rings. The molecule has 4 unspecified atom stereocenters. The number of hydrogen-bond donors (Lipinski definition) is 3. The van der Waals surface area contributed by atoms with Gasteiger partial charge >= 0.3 is 5.97 Å². The van der Waals surface area contributed by atoms with Crippen LogP contribution in [0, 0.1) is 5.92 Å². The number of carboxylic acid groups (broad SMARTS) is 1. The van der Waals surface area contributed by atoms with Crippen LogP contribution in [-0.2, 0) is 23.1 Å². The Morgan fingerprint density at radius 3 is 2.32 bits per heavy atom. The lowest BCUT2D eigenvalue weighted by Crippen LogP contribution is -2.59. The number of aliphatic hydroxyl groups is 1. The maximum Gasteiger partial charge on any atom is 0.332 e. The van der Waals surface area contributed by atoms with Gasteiger partial charge in [0, 0.05) is 11.5 Å². The summed E-state index contributed by atoms with van der Waals surface area (Å²) in [5.41, 5.74) is 5.62. The second-order valence-electron chi connectivity index (χ2n) is 10.5. The monoisotopic (exact) mass is 501 g/mol. The molecule has 1 aliphatic carbocycles. The molecule has 0 spiro atoms. The Balaban J connectivity index is 0.000000480. The van der Waals surface area contributed by atoms with E-state index in [0.29, 0.717) is 17.7 Å². The predicted molar refractivity (Wildman–Crippen MR) is 147 cm³/mol. The van der Waals surface area contributed by atoms with Crippen molar-refractivity contribution in [2.45, 2.75) is 63.5 Å². The molecule has 196 valence electrons. The van der Waals surface area contributed by atoms with E-state index in [9.17, 15) is 9.90 Å². The number of phenols is 1. The second kappa shape index (κ2) is 11.9. The average Bonchev–Trinajstić information content (AvgIpc) is 2.90. The number of aryl methyl sites for hydroxylation is 1. The Morgan fingerprint density at radius 2 is 1.68 bits per heavy atom. The molecule has 4 atom stereocenters. The molecule has 0 aromatic heterocycles. The van der Waals surface area contributed by atoms with Gasteiger partial charge in [0.1, 0.15) is 11.9 Å². The van der Waals surface area contributed by atoms with Crippen molar-refractivity contribution in [2.24, 2.45) is 5.92 Å². The van der Waals surface area contributed by atoms with Crippen LogP contribution in [0.3, 0.4) is 0 Å². The third kappa shape index (κ3) is 5.89. The van der Waals surface area contributed by atoms with Gasteiger partial charge in [0.2, 0.25) is 0 Å². The molecule has 1 heterocycles. The van der Waals surface area contributed by atoms with Gasteiger partial charge in [-0.3, -0.25) is 4.90 Å². The van der Waals surface area contributed by atoms with E-state index in [2.05, 4.69) is 78.6 Å². The molecule has 5 heteroatoms. The summed E-state index contributed by atoms with van der Waals surface area (Å²) in [7, 11) is 0. The maximum absolute atomic E-state index is 10.3. The third-order valence-electron chi connectivity index (χ3n) is 8.27. The number of likely N-dealkylation sites (tertiary alicyclic amines) is 1. The van der Waals surface area contributed by atoms with Gasteiger partial charge in [-0.1, -0.05) is 73.7 Å². The first-order chi connectivity index (χ1) is 17.8. The van der Waals surface area contributed by atoms with E-state index in [-0.39, 0.29) is 5.41 Å². The first-order valence-corrected chi connectivity index (χ1v) is 13.4. The molecule has 37 heavy (non-hydrogen) atoms. The smallest absolute Gasteiger partial charge is 0.332 e. The number of hydrogen-bond acceptors (Lipinski definition) is 4. The van der Waals surface area contributed by atoms with Crippen LogP contribution in [-0.4, -0.2) is 51.4 Å². The molecular weight excluding hydrogens is 462 g/mol. The molecule has 3 aromatic carbocycles. The van der Waals surface area contributed by atoms with E-state index in [0.717, 1.165) is 19.4 Å². The molecule has 3 aromatic rings. The summed E-state index contributed by atoms with van der Waals surface area (Å²) in [6, 6.07) is 28.5. The van der Waals surface area contributed by atoms with Crippen LogP contribution in [0.1, 0.15) is 55.4 Å². The fraction of sp³-hybridized carbons (Fsp3) is 0.406. The van der Waals surface area contributed by atoms with Crippen molar-refractivity contribution in [2.75, 3.05) is 13.1 Å². The van der Waals surface area contributed by atoms with Gasteiger partial charge in [-0.15, -0.1) is 0 Å². The fourth-order valence-corrected chi connectivity index (χ4v) is 6.29. The van der Waals surface area contributed by atoms with Crippen molar-refractivity contribution in [3.63, 3.8) is 0 Å². The van der Waals surface area contributed by atoms with E-state index in [4.69, 9.17) is 10.2 Å². The zero-order valence-corrected chi connectivity index (χ0v) is 21.9. The fourth-order valence-electron chi connectivity index (χ4n) is 6.29. The molecule has 5 nitrogen and oxygen atoms in total. The number of aromatic hydroxyl groups is 1. The molecule has 2 bridgehead atoms. The highest BCUT2D eigenvalue weighted by molar-refractivity contribution is 5.71. The summed E-state index contributed by atoms with van der Waals surface area (Å²) >= 11 is 0. The number of fused-ring (bicyclic) bond motifs is 4. The SMILES string of the molecule is CC(O)C(=O)O.CC1C2Cc3ccc(O)cc3C1(c1ccccc1)CCN2CCCCc1ccccc1.